The number of benzene rings is 2. The largest absolute Gasteiger partial charge is 0.454 e. The number of aryl methyl sites for hydroxylation is 1. The molecule has 152 valence electrons. The number of para-hydroxylation sites is 2. The Morgan fingerprint density at radius 3 is 2.40 bits per heavy atom. The summed E-state index contributed by atoms with van der Waals surface area (Å²) in [6, 6.07) is 14.1. The molecule has 0 bridgehead atoms. The number of aromatic amines is 1. The highest BCUT2D eigenvalue weighted by Gasteiger charge is 2.17. The van der Waals surface area contributed by atoms with Crippen LogP contribution in [0.5, 0.6) is 0 Å². The zero-order chi connectivity index (χ0) is 21.3. The number of fused-ring (bicyclic) bond motifs is 2. The summed E-state index contributed by atoms with van der Waals surface area (Å²) in [5.41, 5.74) is 0.689. The van der Waals surface area contributed by atoms with Gasteiger partial charge in [-0.05, 0) is 31.2 Å². The lowest BCUT2D eigenvalue weighted by atomic mass is 10.2. The standard InChI is InChI=1S/C22H20N4O4/c1-13(20-24-16-9-5-3-7-14(16)21(28)25-20)30-19(27)12-11-18-23-17-10-6-4-8-15(17)22(29)26(18)2/h3-10,13H,11-12H2,1-2H3,(H,24,25,28)/t13-/m0/s1. The van der Waals surface area contributed by atoms with Crippen molar-refractivity contribution in [2.45, 2.75) is 25.9 Å². The minimum absolute atomic E-state index is 0.0424. The van der Waals surface area contributed by atoms with Gasteiger partial charge in [0.1, 0.15) is 5.82 Å². The van der Waals surface area contributed by atoms with Crippen molar-refractivity contribution in [3.63, 3.8) is 0 Å². The smallest absolute Gasteiger partial charge is 0.306 e. The lowest BCUT2D eigenvalue weighted by molar-refractivity contribution is -0.149. The molecule has 1 N–H and O–H groups in total. The molecule has 0 saturated carbocycles. The molecular weight excluding hydrogens is 384 g/mol. The maximum absolute atomic E-state index is 12.5. The van der Waals surface area contributed by atoms with Crippen molar-refractivity contribution < 1.29 is 9.53 Å². The van der Waals surface area contributed by atoms with Crippen LogP contribution in [0.2, 0.25) is 0 Å². The second-order valence-corrected chi connectivity index (χ2v) is 7.01. The predicted octanol–water partition coefficient (Wildman–Crippen LogP) is 2.41. The van der Waals surface area contributed by atoms with Crippen LogP contribution in [-0.4, -0.2) is 25.5 Å². The summed E-state index contributed by atoms with van der Waals surface area (Å²) in [7, 11) is 1.63. The lowest BCUT2D eigenvalue weighted by Gasteiger charge is -2.13. The molecule has 8 heteroatoms. The van der Waals surface area contributed by atoms with Gasteiger partial charge in [-0.15, -0.1) is 0 Å². The third-order valence-electron chi connectivity index (χ3n) is 4.95. The number of nitrogens with one attached hydrogen (secondary N) is 1. The molecule has 2 aromatic heterocycles. The van der Waals surface area contributed by atoms with Gasteiger partial charge in [-0.1, -0.05) is 24.3 Å². The molecule has 0 aliphatic carbocycles. The maximum Gasteiger partial charge on any atom is 0.306 e. The van der Waals surface area contributed by atoms with Gasteiger partial charge in [0.25, 0.3) is 11.1 Å². The molecule has 4 rings (SSSR count). The number of H-pyrrole nitrogens is 1. The van der Waals surface area contributed by atoms with E-state index in [0.29, 0.717) is 27.6 Å². The normalized spacial score (nSPS) is 12.2. The van der Waals surface area contributed by atoms with Gasteiger partial charge < -0.3 is 9.72 Å². The Hall–Kier alpha value is -3.81. The van der Waals surface area contributed by atoms with E-state index in [2.05, 4.69) is 15.0 Å². The van der Waals surface area contributed by atoms with Crippen molar-refractivity contribution in [2.24, 2.45) is 7.05 Å². The number of ether oxygens (including phenoxy) is 1. The minimum atomic E-state index is -0.719. The van der Waals surface area contributed by atoms with Crippen LogP contribution in [0, 0.1) is 0 Å². The Bertz CT molecular complexity index is 1370. The summed E-state index contributed by atoms with van der Waals surface area (Å²) in [5, 5.41) is 1.01. The van der Waals surface area contributed by atoms with Crippen LogP contribution in [-0.2, 0) is 23.0 Å². The molecule has 30 heavy (non-hydrogen) atoms. The van der Waals surface area contributed by atoms with E-state index in [1.807, 2.05) is 6.07 Å². The number of nitrogens with zero attached hydrogens (tertiary/aromatic N) is 3. The fourth-order valence-electron chi connectivity index (χ4n) is 3.31. The van der Waals surface area contributed by atoms with Gasteiger partial charge in [-0.2, -0.15) is 0 Å². The highest BCUT2D eigenvalue weighted by atomic mass is 16.5. The number of hydrogen-bond acceptors (Lipinski definition) is 6. The number of rotatable bonds is 5. The van der Waals surface area contributed by atoms with E-state index >= 15 is 0 Å². The van der Waals surface area contributed by atoms with Crippen molar-refractivity contribution >= 4 is 27.8 Å². The number of esters is 1. The van der Waals surface area contributed by atoms with E-state index in [1.54, 1.807) is 56.4 Å². The van der Waals surface area contributed by atoms with Crippen molar-refractivity contribution in [1.82, 2.24) is 19.5 Å². The number of carbonyl (C=O) groups excluding carboxylic acids is 1. The predicted molar refractivity (Wildman–Crippen MR) is 112 cm³/mol. The number of hydrogen-bond donors (Lipinski definition) is 1. The van der Waals surface area contributed by atoms with Crippen LogP contribution in [0.25, 0.3) is 21.8 Å². The second-order valence-electron chi connectivity index (χ2n) is 7.01. The average molecular weight is 404 g/mol. The van der Waals surface area contributed by atoms with E-state index in [-0.39, 0.29) is 29.8 Å². The summed E-state index contributed by atoms with van der Waals surface area (Å²) in [6.45, 7) is 1.65. The van der Waals surface area contributed by atoms with Gasteiger partial charge in [0.2, 0.25) is 0 Å². The zero-order valence-corrected chi connectivity index (χ0v) is 16.6. The highest BCUT2D eigenvalue weighted by molar-refractivity contribution is 5.78. The summed E-state index contributed by atoms with van der Waals surface area (Å²) < 4.78 is 6.88. The van der Waals surface area contributed by atoms with Gasteiger partial charge in [0.15, 0.2) is 11.9 Å². The summed E-state index contributed by atoms with van der Waals surface area (Å²) in [6.07, 6.45) is -0.423. The van der Waals surface area contributed by atoms with Crippen LogP contribution in [0.4, 0.5) is 0 Å². The van der Waals surface area contributed by atoms with Gasteiger partial charge in [-0.3, -0.25) is 19.0 Å². The van der Waals surface area contributed by atoms with Crippen molar-refractivity contribution in [1.29, 1.82) is 0 Å². The van der Waals surface area contributed by atoms with Gasteiger partial charge in [-0.25, -0.2) is 9.97 Å². The molecule has 4 aromatic rings. The quantitative estimate of drug-likeness (QED) is 0.512. The highest BCUT2D eigenvalue weighted by Crippen LogP contribution is 2.16. The van der Waals surface area contributed by atoms with Crippen LogP contribution in [0.1, 0.15) is 31.1 Å². The lowest BCUT2D eigenvalue weighted by Crippen LogP contribution is -2.23. The van der Waals surface area contributed by atoms with E-state index < -0.39 is 12.1 Å². The molecule has 8 nitrogen and oxygen atoms in total. The molecule has 0 radical (unpaired) electrons. The van der Waals surface area contributed by atoms with Crippen LogP contribution in [0.3, 0.4) is 0 Å². The molecule has 0 spiro atoms. The van der Waals surface area contributed by atoms with Crippen molar-refractivity contribution in [3.8, 4) is 0 Å². The second kappa shape index (κ2) is 7.90. The van der Waals surface area contributed by atoms with Crippen molar-refractivity contribution in [2.75, 3.05) is 0 Å². The molecule has 2 heterocycles. The van der Waals surface area contributed by atoms with Crippen molar-refractivity contribution in [3.05, 3.63) is 80.9 Å². The van der Waals surface area contributed by atoms with E-state index in [9.17, 15) is 14.4 Å². The monoisotopic (exact) mass is 404 g/mol. The summed E-state index contributed by atoms with van der Waals surface area (Å²) in [4.78, 5) is 48.5. The minimum Gasteiger partial charge on any atom is -0.454 e. The Morgan fingerprint density at radius 2 is 1.67 bits per heavy atom. The van der Waals surface area contributed by atoms with Crippen LogP contribution >= 0.6 is 0 Å². The SMILES string of the molecule is C[C@H](OC(=O)CCc1nc2ccccc2c(=O)n1C)c1nc2ccccc2c(=O)[nH]1. The van der Waals surface area contributed by atoms with Gasteiger partial charge in [0.05, 0.1) is 28.2 Å². The zero-order valence-electron chi connectivity index (χ0n) is 16.6. The van der Waals surface area contributed by atoms with E-state index in [0.717, 1.165) is 0 Å². The third-order valence-corrected chi connectivity index (χ3v) is 4.95. The molecule has 0 aliphatic rings. The Labute approximate surface area is 171 Å². The Kier molecular flexibility index (Phi) is 5.14. The topological polar surface area (TPSA) is 107 Å². The van der Waals surface area contributed by atoms with Crippen LogP contribution < -0.4 is 11.1 Å². The fraction of sp³-hybridized carbons (Fsp3) is 0.227. The van der Waals surface area contributed by atoms with Crippen LogP contribution in [0.15, 0.2) is 58.1 Å². The molecule has 0 fully saturated rings. The Balaban J connectivity index is 1.48. The molecule has 0 saturated heterocycles. The first-order valence-corrected chi connectivity index (χ1v) is 9.57. The number of carbonyl (C=O) groups is 1. The summed E-state index contributed by atoms with van der Waals surface area (Å²) in [5.74, 6) is 0.310. The van der Waals surface area contributed by atoms with E-state index in [1.165, 1.54) is 4.57 Å². The maximum atomic E-state index is 12.5. The average Bonchev–Trinajstić information content (AvgIpc) is 2.75. The first-order valence-electron chi connectivity index (χ1n) is 9.57. The molecular formula is C22H20N4O4. The molecule has 0 aliphatic heterocycles. The molecule has 1 atom stereocenters. The first kappa shape index (κ1) is 19.5. The van der Waals surface area contributed by atoms with Gasteiger partial charge in [0, 0.05) is 13.5 Å². The number of aromatic nitrogens is 4. The Morgan fingerprint density at radius 1 is 1.03 bits per heavy atom. The van der Waals surface area contributed by atoms with Gasteiger partial charge >= 0.3 is 5.97 Å². The first-order chi connectivity index (χ1) is 14.4. The fourth-order valence-corrected chi connectivity index (χ4v) is 3.31. The molecule has 0 unspecified atom stereocenters. The van der Waals surface area contributed by atoms with E-state index in [4.69, 9.17) is 4.74 Å². The summed E-state index contributed by atoms with van der Waals surface area (Å²) >= 11 is 0. The third kappa shape index (κ3) is 3.71. The molecule has 0 amide bonds. The molecule has 2 aromatic carbocycles.